The van der Waals surface area contributed by atoms with Crippen molar-refractivity contribution in [2.45, 2.75) is 27.7 Å². The molecule has 2 aliphatic rings. The Morgan fingerprint density at radius 3 is 2.10 bits per heavy atom. The first-order valence-electron chi connectivity index (χ1n) is 7.44. The standard InChI is InChI=1S/C15H26N2O3S/c1-11(2)10-12-13(15(12,3)4)14(18)16-6-8-17(9-7-16)21(5,19)20/h10,12-13H,6-9H2,1-5H3. The van der Waals surface area contributed by atoms with Crippen molar-refractivity contribution in [2.24, 2.45) is 17.3 Å². The maximum Gasteiger partial charge on any atom is 0.226 e. The highest BCUT2D eigenvalue weighted by Crippen LogP contribution is 2.60. The van der Waals surface area contributed by atoms with Crippen molar-refractivity contribution < 1.29 is 13.2 Å². The van der Waals surface area contributed by atoms with E-state index in [2.05, 4.69) is 33.8 Å². The van der Waals surface area contributed by atoms with E-state index in [1.807, 2.05) is 4.90 Å². The third-order valence-corrected chi connectivity index (χ3v) is 6.01. The van der Waals surface area contributed by atoms with Crippen LogP contribution in [0.25, 0.3) is 0 Å². The van der Waals surface area contributed by atoms with Crippen LogP contribution >= 0.6 is 0 Å². The van der Waals surface area contributed by atoms with Gasteiger partial charge in [0.1, 0.15) is 0 Å². The zero-order chi connectivity index (χ0) is 16.0. The highest BCUT2D eigenvalue weighted by atomic mass is 32.2. The van der Waals surface area contributed by atoms with Crippen LogP contribution in [-0.4, -0.2) is 56.0 Å². The van der Waals surface area contributed by atoms with Gasteiger partial charge in [-0.25, -0.2) is 8.42 Å². The molecule has 0 radical (unpaired) electrons. The zero-order valence-electron chi connectivity index (χ0n) is 13.6. The monoisotopic (exact) mass is 314 g/mol. The molecule has 120 valence electrons. The van der Waals surface area contributed by atoms with Crippen molar-refractivity contribution in [1.82, 2.24) is 9.21 Å². The third kappa shape index (κ3) is 3.31. The highest BCUT2D eigenvalue weighted by Gasteiger charge is 2.61. The van der Waals surface area contributed by atoms with Gasteiger partial charge in [0.05, 0.1) is 12.2 Å². The Morgan fingerprint density at radius 2 is 1.67 bits per heavy atom. The SMILES string of the molecule is CC(C)=CC1C(C(=O)N2CCN(S(C)(=O)=O)CC2)C1(C)C. The first kappa shape index (κ1) is 16.5. The average Bonchev–Trinajstić information content (AvgIpc) is 2.88. The molecule has 1 amide bonds. The van der Waals surface area contributed by atoms with Crippen LogP contribution in [0.3, 0.4) is 0 Å². The normalized spacial score (nSPS) is 29.1. The van der Waals surface area contributed by atoms with Crippen LogP contribution in [-0.2, 0) is 14.8 Å². The Labute approximate surface area is 128 Å². The number of allylic oxidation sites excluding steroid dienone is 2. The first-order valence-corrected chi connectivity index (χ1v) is 9.29. The lowest BCUT2D eigenvalue weighted by Crippen LogP contribution is -2.51. The molecule has 0 aromatic heterocycles. The molecule has 5 nitrogen and oxygen atoms in total. The maximum absolute atomic E-state index is 12.7. The van der Waals surface area contributed by atoms with Gasteiger partial charge in [-0.3, -0.25) is 4.79 Å². The summed E-state index contributed by atoms with van der Waals surface area (Å²) in [6.07, 6.45) is 3.41. The van der Waals surface area contributed by atoms with E-state index in [4.69, 9.17) is 0 Å². The second-order valence-corrected chi connectivity index (χ2v) is 9.04. The van der Waals surface area contributed by atoms with Gasteiger partial charge >= 0.3 is 0 Å². The second-order valence-electron chi connectivity index (χ2n) is 7.06. The molecule has 21 heavy (non-hydrogen) atoms. The van der Waals surface area contributed by atoms with Crippen molar-refractivity contribution in [2.75, 3.05) is 32.4 Å². The van der Waals surface area contributed by atoms with Crippen molar-refractivity contribution >= 4 is 15.9 Å². The summed E-state index contributed by atoms with van der Waals surface area (Å²) >= 11 is 0. The predicted molar refractivity (Wildman–Crippen MR) is 83.2 cm³/mol. The minimum Gasteiger partial charge on any atom is -0.340 e. The maximum atomic E-state index is 12.7. The van der Waals surface area contributed by atoms with E-state index in [0.29, 0.717) is 32.1 Å². The minimum atomic E-state index is -3.14. The summed E-state index contributed by atoms with van der Waals surface area (Å²) in [5, 5.41) is 0. The molecular formula is C15H26N2O3S. The molecule has 1 saturated carbocycles. The Hall–Kier alpha value is -0.880. The lowest BCUT2D eigenvalue weighted by atomic mass is 10.1. The largest absolute Gasteiger partial charge is 0.340 e. The van der Waals surface area contributed by atoms with Crippen molar-refractivity contribution in [1.29, 1.82) is 0 Å². The lowest BCUT2D eigenvalue weighted by Gasteiger charge is -2.33. The Balaban J connectivity index is 1.99. The summed E-state index contributed by atoms with van der Waals surface area (Å²) in [4.78, 5) is 14.5. The molecule has 2 rings (SSSR count). The summed E-state index contributed by atoms with van der Waals surface area (Å²) in [7, 11) is -3.14. The number of carbonyl (C=O) groups is 1. The van der Waals surface area contributed by atoms with E-state index in [1.165, 1.54) is 16.1 Å². The fourth-order valence-electron chi connectivity index (χ4n) is 3.26. The van der Waals surface area contributed by atoms with Gasteiger partial charge in [-0.1, -0.05) is 25.5 Å². The van der Waals surface area contributed by atoms with Crippen LogP contribution < -0.4 is 0 Å². The number of piperazine rings is 1. The number of carbonyl (C=O) groups excluding carboxylic acids is 1. The Morgan fingerprint density at radius 1 is 1.14 bits per heavy atom. The average molecular weight is 314 g/mol. The summed E-state index contributed by atoms with van der Waals surface area (Å²) < 4.78 is 24.4. The third-order valence-electron chi connectivity index (χ3n) is 4.71. The fraction of sp³-hybridized carbons (Fsp3) is 0.800. The Bertz CT molecular complexity index is 553. The van der Waals surface area contributed by atoms with E-state index < -0.39 is 10.0 Å². The fourth-order valence-corrected chi connectivity index (χ4v) is 4.08. The number of rotatable bonds is 3. The molecule has 0 N–H and O–H groups in total. The molecule has 2 atom stereocenters. The highest BCUT2D eigenvalue weighted by molar-refractivity contribution is 7.88. The van der Waals surface area contributed by atoms with Gasteiger partial charge in [-0.2, -0.15) is 4.31 Å². The van der Waals surface area contributed by atoms with Crippen LogP contribution in [0.4, 0.5) is 0 Å². The van der Waals surface area contributed by atoms with Crippen molar-refractivity contribution in [3.8, 4) is 0 Å². The second kappa shape index (κ2) is 5.39. The molecule has 1 aliphatic heterocycles. The number of nitrogens with zero attached hydrogens (tertiary/aromatic N) is 2. The van der Waals surface area contributed by atoms with Crippen LogP contribution in [0, 0.1) is 17.3 Å². The quantitative estimate of drug-likeness (QED) is 0.739. The van der Waals surface area contributed by atoms with Gasteiger partial charge in [-0.15, -0.1) is 0 Å². The lowest BCUT2D eigenvalue weighted by molar-refractivity contribution is -0.134. The molecular weight excluding hydrogens is 288 g/mol. The van der Waals surface area contributed by atoms with Gasteiger partial charge in [0.25, 0.3) is 0 Å². The summed E-state index contributed by atoms with van der Waals surface area (Å²) in [6, 6.07) is 0. The van der Waals surface area contributed by atoms with Gasteiger partial charge < -0.3 is 4.90 Å². The molecule has 1 aliphatic carbocycles. The number of hydrogen-bond donors (Lipinski definition) is 0. The topological polar surface area (TPSA) is 57.7 Å². The van der Waals surface area contributed by atoms with E-state index >= 15 is 0 Å². The van der Waals surface area contributed by atoms with Gasteiger partial charge in [-0.05, 0) is 25.2 Å². The summed E-state index contributed by atoms with van der Waals surface area (Å²) in [5.41, 5.74) is 1.26. The van der Waals surface area contributed by atoms with Crippen LogP contribution in [0.15, 0.2) is 11.6 Å². The van der Waals surface area contributed by atoms with Crippen molar-refractivity contribution in [3.63, 3.8) is 0 Å². The van der Waals surface area contributed by atoms with Gasteiger partial charge in [0, 0.05) is 26.2 Å². The number of sulfonamides is 1. The zero-order valence-corrected chi connectivity index (χ0v) is 14.4. The van der Waals surface area contributed by atoms with Crippen LogP contribution in [0.2, 0.25) is 0 Å². The molecule has 1 heterocycles. The predicted octanol–water partition coefficient (Wildman–Crippen LogP) is 1.33. The van der Waals surface area contributed by atoms with E-state index in [-0.39, 0.29) is 17.2 Å². The first-order chi connectivity index (χ1) is 9.55. The minimum absolute atomic E-state index is 0.0162. The summed E-state index contributed by atoms with van der Waals surface area (Å²) in [6.45, 7) is 10.2. The molecule has 6 heteroatoms. The molecule has 0 aromatic carbocycles. The molecule has 0 aromatic rings. The molecule has 1 saturated heterocycles. The summed E-state index contributed by atoms with van der Waals surface area (Å²) in [5.74, 6) is 0.524. The molecule has 0 spiro atoms. The van der Waals surface area contributed by atoms with Crippen molar-refractivity contribution in [3.05, 3.63) is 11.6 Å². The molecule has 2 unspecified atom stereocenters. The smallest absolute Gasteiger partial charge is 0.226 e. The molecule has 0 bridgehead atoms. The number of hydrogen-bond acceptors (Lipinski definition) is 3. The van der Waals surface area contributed by atoms with Gasteiger partial charge in [0.2, 0.25) is 15.9 Å². The Kier molecular flexibility index (Phi) is 4.23. The molecule has 2 fully saturated rings. The van der Waals surface area contributed by atoms with E-state index in [9.17, 15) is 13.2 Å². The number of amides is 1. The van der Waals surface area contributed by atoms with Crippen LogP contribution in [0.5, 0.6) is 0 Å². The van der Waals surface area contributed by atoms with E-state index in [0.717, 1.165) is 0 Å². The van der Waals surface area contributed by atoms with Crippen LogP contribution in [0.1, 0.15) is 27.7 Å². The van der Waals surface area contributed by atoms with E-state index in [1.54, 1.807) is 0 Å². The van der Waals surface area contributed by atoms with Gasteiger partial charge in [0.15, 0.2) is 0 Å².